The number of hydrogen-bond acceptors (Lipinski definition) is 4. The highest BCUT2D eigenvalue weighted by molar-refractivity contribution is 6.55. The van der Waals surface area contributed by atoms with E-state index in [9.17, 15) is 0 Å². The number of ether oxygens (including phenoxy) is 2. The predicted octanol–water partition coefficient (Wildman–Crippen LogP) is 7.37. The van der Waals surface area contributed by atoms with Crippen LogP contribution >= 0.6 is 34.8 Å². The molecule has 4 nitrogen and oxygen atoms in total. The maximum absolute atomic E-state index is 6.12. The van der Waals surface area contributed by atoms with Gasteiger partial charge in [-0.15, -0.1) is 0 Å². The molecule has 0 aliphatic rings. The highest BCUT2D eigenvalue weighted by Crippen LogP contribution is 2.31. The van der Waals surface area contributed by atoms with Gasteiger partial charge in [0.05, 0.1) is 12.8 Å². The molecular weight excluding hydrogens is 457 g/mol. The minimum atomic E-state index is 0.200. The Labute approximate surface area is 199 Å². The number of oxime groups is 1. The largest absolute Gasteiger partial charge is 0.493 e. The topological polar surface area (TPSA) is 40.0 Å². The summed E-state index contributed by atoms with van der Waals surface area (Å²) in [5.74, 6) is 1.74. The lowest BCUT2D eigenvalue weighted by atomic mass is 10.0. The van der Waals surface area contributed by atoms with Gasteiger partial charge in [-0.25, -0.2) is 0 Å². The first-order valence-corrected chi connectivity index (χ1v) is 11.5. The van der Waals surface area contributed by atoms with Crippen LogP contribution in [-0.2, 0) is 17.7 Å². The summed E-state index contributed by atoms with van der Waals surface area (Å²) in [6, 6.07) is 11.4. The summed E-state index contributed by atoms with van der Waals surface area (Å²) >= 11 is 17.1. The van der Waals surface area contributed by atoms with Gasteiger partial charge in [-0.2, -0.15) is 0 Å². The summed E-state index contributed by atoms with van der Waals surface area (Å²) in [7, 11) is 0. The molecule has 0 fully saturated rings. The fourth-order valence-electron chi connectivity index (χ4n) is 2.86. The Morgan fingerprint density at radius 3 is 2.19 bits per heavy atom. The second-order valence-corrected chi connectivity index (χ2v) is 8.20. The third-order valence-electron chi connectivity index (χ3n) is 4.49. The molecular formula is C24H28Cl3NO3. The number of nitrogens with zero attached hydrogens (tertiary/aromatic N) is 1. The monoisotopic (exact) mass is 483 g/mol. The van der Waals surface area contributed by atoms with E-state index < -0.39 is 0 Å². The van der Waals surface area contributed by atoms with E-state index in [4.69, 9.17) is 49.1 Å². The number of benzene rings is 2. The fraction of sp³-hybridized carbons (Fsp3) is 0.375. The SMILES string of the molecule is CCc1cc(OCC=C(Cl)Cl)cc(CC)c1OCCCCON=Cc1ccc(Cl)cc1. The molecule has 2 rings (SSSR count). The molecule has 0 amide bonds. The second kappa shape index (κ2) is 14.2. The Hall–Kier alpha value is -1.88. The normalized spacial score (nSPS) is 10.9. The molecule has 0 radical (unpaired) electrons. The average Bonchev–Trinajstić information content (AvgIpc) is 2.76. The highest BCUT2D eigenvalue weighted by Gasteiger charge is 2.11. The standard InChI is InChI=1S/C24H28Cl3NO3/c1-3-19-15-22(29-14-11-23(26)27)16-20(4-2)24(19)30-12-5-6-13-31-28-17-18-7-9-21(25)10-8-18/h7-11,15-17H,3-6,12-14H2,1-2H3. The molecule has 0 atom stereocenters. The molecule has 0 unspecified atom stereocenters. The third-order valence-corrected chi connectivity index (χ3v) is 5.05. The summed E-state index contributed by atoms with van der Waals surface area (Å²) in [6.45, 7) is 5.70. The van der Waals surface area contributed by atoms with Gasteiger partial charge in [-0.1, -0.05) is 65.9 Å². The van der Waals surface area contributed by atoms with E-state index in [1.165, 1.54) is 0 Å². The van der Waals surface area contributed by atoms with Crippen molar-refractivity contribution in [2.45, 2.75) is 39.5 Å². The highest BCUT2D eigenvalue weighted by atomic mass is 35.5. The molecule has 0 aliphatic carbocycles. The van der Waals surface area contributed by atoms with Crippen molar-refractivity contribution in [1.82, 2.24) is 0 Å². The zero-order chi connectivity index (χ0) is 22.5. The van der Waals surface area contributed by atoms with Gasteiger partial charge in [0.2, 0.25) is 0 Å². The van der Waals surface area contributed by atoms with E-state index in [0.717, 1.165) is 53.9 Å². The lowest BCUT2D eigenvalue weighted by Crippen LogP contribution is -2.05. The lowest BCUT2D eigenvalue weighted by molar-refractivity contribution is 0.137. The van der Waals surface area contributed by atoms with Crippen LogP contribution in [0, 0.1) is 0 Å². The summed E-state index contributed by atoms with van der Waals surface area (Å²) in [5.41, 5.74) is 3.19. The molecule has 31 heavy (non-hydrogen) atoms. The molecule has 0 bridgehead atoms. The van der Waals surface area contributed by atoms with Gasteiger partial charge in [0.1, 0.15) is 29.2 Å². The van der Waals surface area contributed by atoms with Crippen LogP contribution in [0.25, 0.3) is 0 Å². The van der Waals surface area contributed by atoms with Crippen LogP contribution in [0.4, 0.5) is 0 Å². The van der Waals surface area contributed by atoms with Crippen LogP contribution in [-0.4, -0.2) is 26.0 Å². The van der Waals surface area contributed by atoms with Crippen molar-refractivity contribution in [1.29, 1.82) is 0 Å². The third kappa shape index (κ3) is 9.42. The molecule has 0 saturated carbocycles. The van der Waals surface area contributed by atoms with Crippen LogP contribution in [0.2, 0.25) is 5.02 Å². The minimum absolute atomic E-state index is 0.200. The number of rotatable bonds is 13. The quantitative estimate of drug-likeness (QED) is 0.169. The first-order chi connectivity index (χ1) is 15.0. The van der Waals surface area contributed by atoms with E-state index in [1.54, 1.807) is 12.3 Å². The van der Waals surface area contributed by atoms with E-state index in [-0.39, 0.29) is 4.49 Å². The first kappa shape index (κ1) is 25.4. The van der Waals surface area contributed by atoms with Crippen LogP contribution in [0.15, 0.2) is 52.1 Å². The van der Waals surface area contributed by atoms with Crippen molar-refractivity contribution < 1.29 is 14.3 Å². The van der Waals surface area contributed by atoms with Crippen LogP contribution in [0.3, 0.4) is 0 Å². The van der Waals surface area contributed by atoms with Gasteiger partial charge in [0.15, 0.2) is 0 Å². The minimum Gasteiger partial charge on any atom is -0.493 e. The van der Waals surface area contributed by atoms with Gasteiger partial charge < -0.3 is 14.3 Å². The van der Waals surface area contributed by atoms with E-state index >= 15 is 0 Å². The first-order valence-electron chi connectivity index (χ1n) is 10.4. The Balaban J connectivity index is 1.78. The second-order valence-electron chi connectivity index (χ2n) is 6.76. The molecule has 0 aliphatic heterocycles. The summed E-state index contributed by atoms with van der Waals surface area (Å²) in [6.07, 6.45) is 6.73. The van der Waals surface area contributed by atoms with E-state index in [1.807, 2.05) is 36.4 Å². The van der Waals surface area contributed by atoms with Crippen molar-refractivity contribution in [2.75, 3.05) is 19.8 Å². The number of aryl methyl sites for hydroxylation is 2. The lowest BCUT2D eigenvalue weighted by Gasteiger charge is -2.17. The van der Waals surface area contributed by atoms with Gasteiger partial charge in [0.25, 0.3) is 0 Å². The van der Waals surface area contributed by atoms with Crippen molar-refractivity contribution >= 4 is 41.0 Å². The summed E-state index contributed by atoms with van der Waals surface area (Å²) in [4.78, 5) is 5.32. The molecule has 0 saturated heterocycles. The Morgan fingerprint density at radius 2 is 1.58 bits per heavy atom. The molecule has 168 valence electrons. The molecule has 0 spiro atoms. The maximum Gasteiger partial charge on any atom is 0.125 e. The Bertz CT molecular complexity index is 838. The van der Waals surface area contributed by atoms with Crippen LogP contribution in [0.1, 0.15) is 43.4 Å². The molecule has 2 aromatic rings. The predicted molar refractivity (Wildman–Crippen MR) is 130 cm³/mol. The molecule has 0 aromatic heterocycles. The number of halogens is 3. The Kier molecular flexibility index (Phi) is 11.7. The van der Waals surface area contributed by atoms with Gasteiger partial charge in [-0.3, -0.25) is 0 Å². The molecule has 7 heteroatoms. The van der Waals surface area contributed by atoms with E-state index in [2.05, 4.69) is 19.0 Å². The van der Waals surface area contributed by atoms with Crippen LogP contribution < -0.4 is 9.47 Å². The van der Waals surface area contributed by atoms with Crippen molar-refractivity contribution in [3.05, 3.63) is 68.7 Å². The molecule has 0 N–H and O–H groups in total. The average molecular weight is 485 g/mol. The smallest absolute Gasteiger partial charge is 0.125 e. The maximum atomic E-state index is 6.12. The zero-order valence-corrected chi connectivity index (χ0v) is 20.1. The van der Waals surface area contributed by atoms with Gasteiger partial charge in [-0.05, 0) is 72.7 Å². The number of hydrogen-bond donors (Lipinski definition) is 0. The van der Waals surface area contributed by atoms with Gasteiger partial charge >= 0.3 is 0 Å². The van der Waals surface area contributed by atoms with E-state index in [0.29, 0.717) is 24.8 Å². The summed E-state index contributed by atoms with van der Waals surface area (Å²) < 4.78 is 12.1. The number of unbranched alkanes of at least 4 members (excludes halogenated alkanes) is 1. The zero-order valence-electron chi connectivity index (χ0n) is 17.9. The van der Waals surface area contributed by atoms with Gasteiger partial charge in [0, 0.05) is 5.02 Å². The fourth-order valence-corrected chi connectivity index (χ4v) is 3.11. The molecule has 2 aromatic carbocycles. The van der Waals surface area contributed by atoms with Crippen molar-refractivity contribution in [3.8, 4) is 11.5 Å². The van der Waals surface area contributed by atoms with Crippen molar-refractivity contribution in [2.24, 2.45) is 5.16 Å². The summed E-state index contributed by atoms with van der Waals surface area (Å²) in [5, 5.41) is 4.68. The molecule has 0 heterocycles. The van der Waals surface area contributed by atoms with Crippen molar-refractivity contribution in [3.63, 3.8) is 0 Å². The van der Waals surface area contributed by atoms with Crippen LogP contribution in [0.5, 0.6) is 11.5 Å². The Morgan fingerprint density at radius 1 is 0.935 bits per heavy atom.